The molecule has 0 saturated heterocycles. The van der Waals surface area contributed by atoms with E-state index in [0.29, 0.717) is 16.8 Å². The first-order chi connectivity index (χ1) is 11.6. The summed E-state index contributed by atoms with van der Waals surface area (Å²) < 4.78 is 1.70. The SMILES string of the molecule is Cc1nc(-n2ncc3ccccc32)nc(N)c1-c1ccc(Cl)cc1. The van der Waals surface area contributed by atoms with Crippen LogP contribution in [0.3, 0.4) is 0 Å². The number of nitrogen functional groups attached to an aromatic ring is 1. The van der Waals surface area contributed by atoms with Crippen LogP contribution in [0.5, 0.6) is 0 Å². The van der Waals surface area contributed by atoms with Gasteiger partial charge in [-0.3, -0.25) is 0 Å². The lowest BCUT2D eigenvalue weighted by atomic mass is 10.1. The highest BCUT2D eigenvalue weighted by Crippen LogP contribution is 2.29. The van der Waals surface area contributed by atoms with Crippen molar-refractivity contribution in [2.24, 2.45) is 0 Å². The summed E-state index contributed by atoms with van der Waals surface area (Å²) in [6, 6.07) is 15.4. The van der Waals surface area contributed by atoms with E-state index in [0.717, 1.165) is 27.7 Å². The molecule has 4 rings (SSSR count). The molecule has 0 radical (unpaired) electrons. The lowest BCUT2D eigenvalue weighted by molar-refractivity contribution is 0.828. The Morgan fingerprint density at radius 2 is 1.75 bits per heavy atom. The van der Waals surface area contributed by atoms with Gasteiger partial charge in [-0.2, -0.15) is 14.8 Å². The molecule has 5 nitrogen and oxygen atoms in total. The van der Waals surface area contributed by atoms with E-state index < -0.39 is 0 Å². The zero-order valence-electron chi connectivity index (χ0n) is 12.9. The third-order valence-electron chi connectivity index (χ3n) is 3.91. The molecule has 2 aromatic heterocycles. The van der Waals surface area contributed by atoms with Crippen LogP contribution in [0.4, 0.5) is 5.82 Å². The van der Waals surface area contributed by atoms with Crippen LogP contribution in [0.15, 0.2) is 54.7 Å². The van der Waals surface area contributed by atoms with Crippen LogP contribution < -0.4 is 5.73 Å². The predicted molar refractivity (Wildman–Crippen MR) is 96.3 cm³/mol. The van der Waals surface area contributed by atoms with Crippen molar-refractivity contribution >= 4 is 28.3 Å². The van der Waals surface area contributed by atoms with E-state index in [4.69, 9.17) is 17.3 Å². The summed E-state index contributed by atoms with van der Waals surface area (Å²) in [5.41, 5.74) is 9.70. The second kappa shape index (κ2) is 5.62. The second-order valence-electron chi connectivity index (χ2n) is 5.49. The summed E-state index contributed by atoms with van der Waals surface area (Å²) in [7, 11) is 0. The van der Waals surface area contributed by atoms with Crippen molar-refractivity contribution in [2.75, 3.05) is 5.73 Å². The summed E-state index contributed by atoms with van der Waals surface area (Å²) in [6.45, 7) is 1.91. The fourth-order valence-corrected chi connectivity index (χ4v) is 2.91. The smallest absolute Gasteiger partial charge is 0.253 e. The molecule has 2 N–H and O–H groups in total. The molecule has 0 aliphatic heterocycles. The molecule has 0 atom stereocenters. The quantitative estimate of drug-likeness (QED) is 0.600. The number of nitrogens with zero attached hydrogens (tertiary/aromatic N) is 4. The van der Waals surface area contributed by atoms with E-state index in [9.17, 15) is 0 Å². The average Bonchev–Trinajstić information content (AvgIpc) is 3.00. The Morgan fingerprint density at radius 3 is 2.50 bits per heavy atom. The molecule has 0 unspecified atom stereocenters. The Bertz CT molecular complexity index is 1010. The molecule has 0 fully saturated rings. The number of aromatic nitrogens is 4. The minimum absolute atomic E-state index is 0.416. The summed E-state index contributed by atoms with van der Waals surface area (Å²) in [4.78, 5) is 9.06. The fourth-order valence-electron chi connectivity index (χ4n) is 2.78. The number of para-hydroxylation sites is 1. The minimum Gasteiger partial charge on any atom is -0.383 e. The summed E-state index contributed by atoms with van der Waals surface area (Å²) in [5.74, 6) is 0.878. The Labute approximate surface area is 143 Å². The van der Waals surface area contributed by atoms with Gasteiger partial charge < -0.3 is 5.73 Å². The number of benzene rings is 2. The first-order valence-corrected chi connectivity index (χ1v) is 7.84. The number of anilines is 1. The van der Waals surface area contributed by atoms with Crippen molar-refractivity contribution in [3.05, 3.63) is 65.4 Å². The van der Waals surface area contributed by atoms with Gasteiger partial charge in [0.15, 0.2) is 0 Å². The van der Waals surface area contributed by atoms with E-state index in [1.807, 2.05) is 55.5 Å². The number of hydrogen-bond donors (Lipinski definition) is 1. The molecule has 2 heterocycles. The van der Waals surface area contributed by atoms with E-state index in [2.05, 4.69) is 15.1 Å². The lowest BCUT2D eigenvalue weighted by Gasteiger charge is -2.11. The highest BCUT2D eigenvalue weighted by molar-refractivity contribution is 6.30. The predicted octanol–water partition coefficient (Wildman–Crippen LogP) is 4.03. The van der Waals surface area contributed by atoms with Crippen LogP contribution in [0.2, 0.25) is 5.02 Å². The number of aryl methyl sites for hydroxylation is 1. The number of nitrogens with two attached hydrogens (primary N) is 1. The fraction of sp³-hybridized carbons (Fsp3) is 0.0556. The van der Waals surface area contributed by atoms with Crippen LogP contribution in [-0.2, 0) is 0 Å². The molecular weight excluding hydrogens is 322 g/mol. The van der Waals surface area contributed by atoms with Gasteiger partial charge >= 0.3 is 0 Å². The number of halogens is 1. The van der Waals surface area contributed by atoms with Crippen molar-refractivity contribution in [3.8, 4) is 17.1 Å². The molecule has 0 aliphatic rings. The molecule has 0 amide bonds. The van der Waals surface area contributed by atoms with Crippen molar-refractivity contribution in [1.82, 2.24) is 19.7 Å². The van der Waals surface area contributed by atoms with Crippen molar-refractivity contribution in [3.63, 3.8) is 0 Å². The van der Waals surface area contributed by atoms with Crippen molar-refractivity contribution < 1.29 is 0 Å². The number of rotatable bonds is 2. The van der Waals surface area contributed by atoms with Gasteiger partial charge in [-0.15, -0.1) is 0 Å². The molecule has 2 aromatic carbocycles. The molecule has 24 heavy (non-hydrogen) atoms. The standard InChI is InChI=1S/C18H14ClN5/c1-11-16(12-6-8-14(19)9-7-12)17(20)23-18(22-11)24-15-5-3-2-4-13(15)10-21-24/h2-10H,1H3,(H2,20,22,23). The molecular formula is C18H14ClN5. The van der Waals surface area contributed by atoms with Gasteiger partial charge in [-0.05, 0) is 30.7 Å². The van der Waals surface area contributed by atoms with Gasteiger partial charge in [0, 0.05) is 16.0 Å². The van der Waals surface area contributed by atoms with Gasteiger partial charge in [0.25, 0.3) is 5.95 Å². The summed E-state index contributed by atoms with van der Waals surface area (Å²) in [5, 5.41) is 6.08. The Balaban J connectivity index is 1.87. The highest BCUT2D eigenvalue weighted by Gasteiger charge is 2.14. The van der Waals surface area contributed by atoms with Gasteiger partial charge in [0.1, 0.15) is 5.82 Å². The molecule has 6 heteroatoms. The van der Waals surface area contributed by atoms with Crippen LogP contribution in [0, 0.1) is 6.92 Å². The largest absolute Gasteiger partial charge is 0.383 e. The Hall–Kier alpha value is -2.92. The van der Waals surface area contributed by atoms with Crippen LogP contribution in [0.25, 0.3) is 28.0 Å². The van der Waals surface area contributed by atoms with Gasteiger partial charge in [-0.25, -0.2) is 4.98 Å². The van der Waals surface area contributed by atoms with E-state index in [1.54, 1.807) is 10.9 Å². The zero-order valence-corrected chi connectivity index (χ0v) is 13.7. The molecule has 0 bridgehead atoms. The summed E-state index contributed by atoms with van der Waals surface area (Å²) in [6.07, 6.45) is 1.79. The molecule has 0 spiro atoms. The van der Waals surface area contributed by atoms with E-state index in [-0.39, 0.29) is 0 Å². The topological polar surface area (TPSA) is 69.6 Å². The molecule has 118 valence electrons. The molecule has 4 aromatic rings. The zero-order chi connectivity index (χ0) is 16.7. The monoisotopic (exact) mass is 335 g/mol. The van der Waals surface area contributed by atoms with E-state index in [1.165, 1.54) is 0 Å². The maximum atomic E-state index is 6.22. The van der Waals surface area contributed by atoms with E-state index >= 15 is 0 Å². The highest BCUT2D eigenvalue weighted by atomic mass is 35.5. The minimum atomic E-state index is 0.416. The maximum absolute atomic E-state index is 6.22. The summed E-state index contributed by atoms with van der Waals surface area (Å²) >= 11 is 5.95. The van der Waals surface area contributed by atoms with Crippen molar-refractivity contribution in [2.45, 2.75) is 6.92 Å². The first kappa shape index (κ1) is 14.7. The second-order valence-corrected chi connectivity index (χ2v) is 5.93. The van der Waals surface area contributed by atoms with Crippen LogP contribution >= 0.6 is 11.6 Å². The first-order valence-electron chi connectivity index (χ1n) is 7.46. The van der Waals surface area contributed by atoms with Crippen LogP contribution in [0.1, 0.15) is 5.69 Å². The van der Waals surface area contributed by atoms with Gasteiger partial charge in [-0.1, -0.05) is 41.9 Å². The Morgan fingerprint density at radius 1 is 1.00 bits per heavy atom. The Kier molecular flexibility index (Phi) is 3.43. The van der Waals surface area contributed by atoms with Gasteiger partial charge in [0.05, 0.1) is 17.4 Å². The lowest BCUT2D eigenvalue weighted by Crippen LogP contribution is -2.08. The third kappa shape index (κ3) is 2.39. The third-order valence-corrected chi connectivity index (χ3v) is 4.16. The van der Waals surface area contributed by atoms with Crippen LogP contribution in [-0.4, -0.2) is 19.7 Å². The average molecular weight is 336 g/mol. The van der Waals surface area contributed by atoms with Crippen molar-refractivity contribution in [1.29, 1.82) is 0 Å². The normalized spacial score (nSPS) is 11.1. The molecule has 0 aliphatic carbocycles. The maximum Gasteiger partial charge on any atom is 0.253 e. The number of hydrogen-bond acceptors (Lipinski definition) is 4. The van der Waals surface area contributed by atoms with Gasteiger partial charge in [0.2, 0.25) is 0 Å². The number of fused-ring (bicyclic) bond motifs is 1. The molecule has 0 saturated carbocycles.